The van der Waals surface area contributed by atoms with Crippen molar-refractivity contribution in [1.29, 1.82) is 0 Å². The lowest BCUT2D eigenvalue weighted by Gasteiger charge is -2.16. The summed E-state index contributed by atoms with van der Waals surface area (Å²) in [6.45, 7) is 2.89. The van der Waals surface area contributed by atoms with Crippen molar-refractivity contribution in [2.24, 2.45) is 0 Å². The molecule has 0 aromatic carbocycles. The van der Waals surface area contributed by atoms with E-state index in [2.05, 4.69) is 26.8 Å². The molecule has 4 N–H and O–H groups in total. The quantitative estimate of drug-likeness (QED) is 0.704. The Morgan fingerprint density at radius 3 is 2.86 bits per heavy atom. The number of fused-ring (bicyclic) bond motifs is 1. The number of anilines is 1. The lowest BCUT2D eigenvalue weighted by molar-refractivity contribution is -0.120. The topological polar surface area (TPSA) is 97.3 Å². The molecule has 7 nitrogen and oxygen atoms in total. The molecule has 0 radical (unpaired) electrons. The van der Waals surface area contributed by atoms with Gasteiger partial charge >= 0.3 is 0 Å². The first-order valence-electron chi connectivity index (χ1n) is 7.52. The third-order valence-electron chi connectivity index (χ3n) is 3.96. The van der Waals surface area contributed by atoms with Crippen LogP contribution in [0.4, 0.5) is 5.82 Å². The summed E-state index contributed by atoms with van der Waals surface area (Å²) < 4.78 is 1.86. The molecular formula is C15H24N6O. The van der Waals surface area contributed by atoms with Crippen LogP contribution in [-0.4, -0.2) is 41.1 Å². The van der Waals surface area contributed by atoms with Crippen molar-refractivity contribution in [2.45, 2.75) is 32.1 Å². The van der Waals surface area contributed by atoms with Crippen LogP contribution in [0.3, 0.4) is 0 Å². The first kappa shape index (κ1) is 16.2. The molecule has 120 valence electrons. The molecule has 0 aliphatic rings. The van der Waals surface area contributed by atoms with Crippen LogP contribution >= 0.6 is 0 Å². The van der Waals surface area contributed by atoms with E-state index >= 15 is 0 Å². The van der Waals surface area contributed by atoms with Gasteiger partial charge in [0.2, 0.25) is 5.91 Å². The van der Waals surface area contributed by atoms with Crippen LogP contribution in [0.15, 0.2) is 12.4 Å². The average Bonchev–Trinajstić information content (AvgIpc) is 2.85. The van der Waals surface area contributed by atoms with Gasteiger partial charge < -0.3 is 16.4 Å². The number of aromatic nitrogens is 3. The highest BCUT2D eigenvalue weighted by Crippen LogP contribution is 2.29. The average molecular weight is 304 g/mol. The normalized spacial score (nSPS) is 12.5. The molecule has 2 aromatic rings. The molecule has 0 fully saturated rings. The molecule has 0 spiro atoms. The summed E-state index contributed by atoms with van der Waals surface area (Å²) in [4.78, 5) is 15.6. The van der Waals surface area contributed by atoms with E-state index in [0.717, 1.165) is 36.2 Å². The lowest BCUT2D eigenvalue weighted by atomic mass is 9.95. The van der Waals surface area contributed by atoms with E-state index in [4.69, 9.17) is 5.73 Å². The molecule has 0 aliphatic heterocycles. The Kier molecular flexibility index (Phi) is 5.32. The smallest absolute Gasteiger partial charge is 0.219 e. The van der Waals surface area contributed by atoms with E-state index in [0.29, 0.717) is 12.2 Å². The summed E-state index contributed by atoms with van der Waals surface area (Å²) in [5.74, 6) is 0.777. The van der Waals surface area contributed by atoms with Gasteiger partial charge in [-0.25, -0.2) is 9.50 Å². The van der Waals surface area contributed by atoms with Gasteiger partial charge in [0.1, 0.15) is 11.8 Å². The van der Waals surface area contributed by atoms with Crippen LogP contribution in [0.2, 0.25) is 0 Å². The summed E-state index contributed by atoms with van der Waals surface area (Å²) >= 11 is 0. The zero-order valence-electron chi connectivity index (χ0n) is 13.4. The predicted molar refractivity (Wildman–Crippen MR) is 86.7 cm³/mol. The Bertz CT molecular complexity index is 651. The number of nitrogens with zero attached hydrogens (tertiary/aromatic N) is 3. The van der Waals surface area contributed by atoms with Crippen molar-refractivity contribution < 1.29 is 4.79 Å². The Hall–Kier alpha value is -2.15. The fourth-order valence-corrected chi connectivity index (χ4v) is 2.76. The molecule has 1 atom stereocenters. The minimum Gasteiger partial charge on any atom is -0.382 e. The minimum absolute atomic E-state index is 0.0566. The second-order valence-electron chi connectivity index (χ2n) is 5.46. The van der Waals surface area contributed by atoms with E-state index in [1.165, 1.54) is 6.33 Å². The summed E-state index contributed by atoms with van der Waals surface area (Å²) in [6, 6.07) is 2.10. The van der Waals surface area contributed by atoms with Gasteiger partial charge in [-0.15, -0.1) is 0 Å². The number of hydrogen-bond donors (Lipinski definition) is 3. The van der Waals surface area contributed by atoms with Crippen LogP contribution in [0.25, 0.3) is 5.52 Å². The maximum Gasteiger partial charge on any atom is 0.219 e. The summed E-state index contributed by atoms with van der Waals surface area (Å²) in [5.41, 5.74) is 8.96. The van der Waals surface area contributed by atoms with Crippen molar-refractivity contribution in [2.75, 3.05) is 26.4 Å². The molecule has 7 heteroatoms. The monoisotopic (exact) mass is 304 g/mol. The zero-order valence-corrected chi connectivity index (χ0v) is 13.4. The number of nitrogens with two attached hydrogens (primary N) is 1. The molecule has 0 saturated carbocycles. The van der Waals surface area contributed by atoms with Crippen molar-refractivity contribution >= 4 is 17.2 Å². The number of rotatable bonds is 7. The molecule has 0 bridgehead atoms. The van der Waals surface area contributed by atoms with E-state index in [1.807, 2.05) is 18.5 Å². The van der Waals surface area contributed by atoms with Crippen molar-refractivity contribution in [1.82, 2.24) is 25.2 Å². The largest absolute Gasteiger partial charge is 0.382 e. The maximum absolute atomic E-state index is 11.6. The van der Waals surface area contributed by atoms with Crippen LogP contribution in [0.5, 0.6) is 0 Å². The van der Waals surface area contributed by atoms with Gasteiger partial charge in [0.15, 0.2) is 5.82 Å². The van der Waals surface area contributed by atoms with Crippen molar-refractivity contribution in [3.05, 3.63) is 23.7 Å². The number of carbonyl (C=O) groups excluding carboxylic acids is 1. The Labute approximate surface area is 130 Å². The van der Waals surface area contributed by atoms with Gasteiger partial charge in [-0.1, -0.05) is 0 Å². The van der Waals surface area contributed by atoms with Gasteiger partial charge in [0.25, 0.3) is 0 Å². The fourth-order valence-electron chi connectivity index (χ4n) is 2.76. The summed E-state index contributed by atoms with van der Waals surface area (Å²) in [5, 5.41) is 10.2. The number of carbonyl (C=O) groups is 1. The van der Waals surface area contributed by atoms with Gasteiger partial charge in [0, 0.05) is 25.1 Å². The molecule has 1 amide bonds. The second-order valence-corrected chi connectivity index (χ2v) is 5.46. The lowest BCUT2D eigenvalue weighted by Crippen LogP contribution is -2.20. The van der Waals surface area contributed by atoms with E-state index < -0.39 is 0 Å². The molecule has 2 aromatic heterocycles. The number of hydrogen-bond acceptors (Lipinski definition) is 5. The second kappa shape index (κ2) is 7.22. The molecule has 2 heterocycles. The molecule has 22 heavy (non-hydrogen) atoms. The van der Waals surface area contributed by atoms with Gasteiger partial charge in [-0.05, 0) is 45.0 Å². The fraction of sp³-hybridized carbons (Fsp3) is 0.533. The van der Waals surface area contributed by atoms with Crippen LogP contribution in [-0.2, 0) is 4.79 Å². The zero-order chi connectivity index (χ0) is 16.1. The Morgan fingerprint density at radius 1 is 1.41 bits per heavy atom. The number of amides is 1. The first-order chi connectivity index (χ1) is 10.6. The predicted octanol–water partition coefficient (Wildman–Crippen LogP) is 0.839. The van der Waals surface area contributed by atoms with Crippen molar-refractivity contribution in [3.63, 3.8) is 0 Å². The minimum atomic E-state index is 0.0566. The number of aryl methyl sites for hydroxylation is 1. The third kappa shape index (κ3) is 3.36. The molecular weight excluding hydrogens is 280 g/mol. The highest BCUT2D eigenvalue weighted by Gasteiger charge is 2.20. The molecule has 1 unspecified atom stereocenters. The van der Waals surface area contributed by atoms with Gasteiger partial charge in [0.05, 0.1) is 0 Å². The van der Waals surface area contributed by atoms with E-state index in [9.17, 15) is 4.79 Å². The van der Waals surface area contributed by atoms with Crippen LogP contribution in [0, 0.1) is 6.92 Å². The Balaban J connectivity index is 2.34. The van der Waals surface area contributed by atoms with Gasteiger partial charge in [-0.3, -0.25) is 4.79 Å². The summed E-state index contributed by atoms with van der Waals surface area (Å²) in [7, 11) is 3.59. The van der Waals surface area contributed by atoms with Crippen molar-refractivity contribution in [3.8, 4) is 0 Å². The van der Waals surface area contributed by atoms with E-state index in [-0.39, 0.29) is 11.8 Å². The molecule has 0 saturated heterocycles. The van der Waals surface area contributed by atoms with E-state index in [1.54, 1.807) is 7.05 Å². The highest BCUT2D eigenvalue weighted by molar-refractivity contribution is 5.75. The first-order valence-corrected chi connectivity index (χ1v) is 7.52. The number of nitrogens with one attached hydrogen (secondary N) is 2. The summed E-state index contributed by atoms with van der Waals surface area (Å²) in [6.07, 6.45) is 3.68. The van der Waals surface area contributed by atoms with Crippen LogP contribution in [0.1, 0.15) is 36.4 Å². The maximum atomic E-state index is 11.6. The van der Waals surface area contributed by atoms with Crippen LogP contribution < -0.4 is 16.4 Å². The standard InChI is InChI=1S/C15H24N6O/c1-10-8-12(21-14(10)15(16)19-9-20-21)11(6-7-17-2)4-5-13(22)18-3/h8-9,11,17H,4-7H2,1-3H3,(H,18,22)(H2,16,19,20). The third-order valence-corrected chi connectivity index (χ3v) is 3.96. The number of nitrogen functional groups attached to an aromatic ring is 1. The van der Waals surface area contributed by atoms with Gasteiger partial charge in [-0.2, -0.15) is 5.10 Å². The highest BCUT2D eigenvalue weighted by atomic mass is 16.1. The SMILES string of the molecule is CNCCC(CCC(=O)NC)c1cc(C)c2c(N)ncnn12. The Morgan fingerprint density at radius 2 is 2.18 bits per heavy atom. The molecule has 0 aliphatic carbocycles. The molecule has 2 rings (SSSR count).